The van der Waals surface area contributed by atoms with Gasteiger partial charge in [-0.05, 0) is 18.4 Å². The number of terminal acetylenes is 1. The maximum absolute atomic E-state index is 5.60. The minimum Gasteiger partial charge on any atom is -0.311 e. The van der Waals surface area contributed by atoms with Gasteiger partial charge in [-0.1, -0.05) is 50.6 Å². The zero-order chi connectivity index (χ0) is 15.1. The molecule has 2 rings (SSSR count). The second kappa shape index (κ2) is 8.22. The predicted octanol–water partition coefficient (Wildman–Crippen LogP) is 3.60. The van der Waals surface area contributed by atoms with Crippen LogP contribution in [-0.4, -0.2) is 30.1 Å². The van der Waals surface area contributed by atoms with E-state index < -0.39 is 0 Å². The Balaban J connectivity index is 2.19. The Kier molecular flexibility index (Phi) is 6.29. The Morgan fingerprint density at radius 1 is 1.33 bits per heavy atom. The standard InChI is InChI=1S/C19H28N2/c1-4-10-17-15-21(18(6-3)11-5-2)19(14-20-17)16-12-8-7-9-13-16/h2,7-9,12-13,17-20H,4,6,10-11,14-15H2,1,3H3. The van der Waals surface area contributed by atoms with Crippen LogP contribution in [0.5, 0.6) is 0 Å². The van der Waals surface area contributed by atoms with Crippen molar-refractivity contribution in [1.82, 2.24) is 10.2 Å². The summed E-state index contributed by atoms with van der Waals surface area (Å²) in [5.74, 6) is 2.87. The Morgan fingerprint density at radius 2 is 2.10 bits per heavy atom. The SMILES string of the molecule is C#CCC(CC)N1CC(CCC)NCC1c1ccccc1. The summed E-state index contributed by atoms with van der Waals surface area (Å²) in [6.45, 7) is 6.64. The van der Waals surface area contributed by atoms with Crippen molar-refractivity contribution in [3.63, 3.8) is 0 Å². The Bertz CT molecular complexity index is 448. The largest absolute Gasteiger partial charge is 0.311 e. The Morgan fingerprint density at radius 3 is 2.71 bits per heavy atom. The summed E-state index contributed by atoms with van der Waals surface area (Å²) >= 11 is 0. The molecule has 1 heterocycles. The highest BCUT2D eigenvalue weighted by Crippen LogP contribution is 2.28. The van der Waals surface area contributed by atoms with E-state index in [4.69, 9.17) is 6.42 Å². The summed E-state index contributed by atoms with van der Waals surface area (Å²) in [7, 11) is 0. The van der Waals surface area contributed by atoms with Crippen molar-refractivity contribution in [3.8, 4) is 12.3 Å². The van der Waals surface area contributed by atoms with Gasteiger partial charge < -0.3 is 5.32 Å². The second-order valence-corrected chi connectivity index (χ2v) is 5.99. The second-order valence-electron chi connectivity index (χ2n) is 5.99. The van der Waals surface area contributed by atoms with Gasteiger partial charge in [-0.3, -0.25) is 4.90 Å². The molecule has 2 heteroatoms. The maximum atomic E-state index is 5.60. The van der Waals surface area contributed by atoms with Crippen molar-refractivity contribution in [1.29, 1.82) is 0 Å². The molecule has 0 bridgehead atoms. The molecule has 0 aliphatic carbocycles. The van der Waals surface area contributed by atoms with Gasteiger partial charge in [-0.2, -0.15) is 0 Å². The van der Waals surface area contributed by atoms with Crippen molar-refractivity contribution in [2.75, 3.05) is 13.1 Å². The maximum Gasteiger partial charge on any atom is 0.0476 e. The van der Waals surface area contributed by atoms with Crippen LogP contribution in [0.15, 0.2) is 30.3 Å². The first kappa shape index (κ1) is 16.1. The fourth-order valence-electron chi connectivity index (χ4n) is 3.40. The summed E-state index contributed by atoms with van der Waals surface area (Å²) < 4.78 is 0. The summed E-state index contributed by atoms with van der Waals surface area (Å²) in [4.78, 5) is 2.64. The first-order valence-corrected chi connectivity index (χ1v) is 8.27. The van der Waals surface area contributed by atoms with E-state index in [1.807, 2.05) is 0 Å². The van der Waals surface area contributed by atoms with Crippen molar-refractivity contribution in [3.05, 3.63) is 35.9 Å². The van der Waals surface area contributed by atoms with Gasteiger partial charge in [0.05, 0.1) is 0 Å². The molecule has 2 nitrogen and oxygen atoms in total. The van der Waals surface area contributed by atoms with E-state index in [2.05, 4.69) is 60.3 Å². The molecule has 1 fully saturated rings. The van der Waals surface area contributed by atoms with Gasteiger partial charge in [-0.25, -0.2) is 0 Å². The average molecular weight is 284 g/mol. The molecule has 1 aromatic carbocycles. The molecule has 1 N–H and O–H groups in total. The smallest absolute Gasteiger partial charge is 0.0476 e. The quantitative estimate of drug-likeness (QED) is 0.803. The molecule has 1 aromatic rings. The highest BCUT2D eigenvalue weighted by molar-refractivity contribution is 5.21. The van der Waals surface area contributed by atoms with E-state index in [0.717, 1.165) is 25.9 Å². The molecule has 1 saturated heterocycles. The molecule has 0 radical (unpaired) electrons. The van der Waals surface area contributed by atoms with E-state index in [-0.39, 0.29) is 0 Å². The van der Waals surface area contributed by atoms with Crippen molar-refractivity contribution in [2.45, 2.75) is 57.7 Å². The van der Waals surface area contributed by atoms with Crippen LogP contribution in [0.3, 0.4) is 0 Å². The molecule has 0 spiro atoms. The lowest BCUT2D eigenvalue weighted by Crippen LogP contribution is -2.55. The highest BCUT2D eigenvalue weighted by atomic mass is 15.3. The van der Waals surface area contributed by atoms with Crippen LogP contribution in [0.2, 0.25) is 0 Å². The molecule has 21 heavy (non-hydrogen) atoms. The minimum absolute atomic E-state index is 0.442. The molecule has 0 aromatic heterocycles. The van der Waals surface area contributed by atoms with Gasteiger partial charge in [0.2, 0.25) is 0 Å². The topological polar surface area (TPSA) is 15.3 Å². The van der Waals surface area contributed by atoms with E-state index in [0.29, 0.717) is 18.1 Å². The molecule has 1 aliphatic rings. The third-order valence-corrected chi connectivity index (χ3v) is 4.55. The number of nitrogens with zero attached hydrogens (tertiary/aromatic N) is 1. The zero-order valence-corrected chi connectivity index (χ0v) is 13.4. The van der Waals surface area contributed by atoms with Crippen molar-refractivity contribution >= 4 is 0 Å². The third kappa shape index (κ3) is 4.09. The number of hydrogen-bond acceptors (Lipinski definition) is 2. The fourth-order valence-corrected chi connectivity index (χ4v) is 3.40. The normalized spacial score (nSPS) is 24.4. The van der Waals surface area contributed by atoms with E-state index in [1.165, 1.54) is 18.4 Å². The summed E-state index contributed by atoms with van der Waals surface area (Å²) in [5.41, 5.74) is 1.40. The lowest BCUT2D eigenvalue weighted by atomic mass is 9.95. The Hall–Kier alpha value is -1.30. The van der Waals surface area contributed by atoms with Crippen LogP contribution in [0.25, 0.3) is 0 Å². The number of hydrogen-bond donors (Lipinski definition) is 1. The monoisotopic (exact) mass is 284 g/mol. The summed E-state index contributed by atoms with van der Waals surface area (Å²) in [6, 6.07) is 12.4. The van der Waals surface area contributed by atoms with Crippen LogP contribution in [0.1, 0.15) is 51.1 Å². The number of rotatable bonds is 6. The van der Waals surface area contributed by atoms with Crippen molar-refractivity contribution in [2.24, 2.45) is 0 Å². The molecule has 3 unspecified atom stereocenters. The van der Waals surface area contributed by atoms with Crippen LogP contribution in [0.4, 0.5) is 0 Å². The first-order valence-electron chi connectivity index (χ1n) is 8.27. The van der Waals surface area contributed by atoms with Gasteiger partial charge >= 0.3 is 0 Å². The highest BCUT2D eigenvalue weighted by Gasteiger charge is 2.32. The molecule has 114 valence electrons. The van der Waals surface area contributed by atoms with Crippen LogP contribution in [-0.2, 0) is 0 Å². The lowest BCUT2D eigenvalue weighted by molar-refractivity contribution is 0.0778. The molecule has 0 amide bonds. The number of piperazine rings is 1. The Labute approximate surface area is 129 Å². The average Bonchev–Trinajstić information content (AvgIpc) is 2.54. The van der Waals surface area contributed by atoms with Crippen LogP contribution < -0.4 is 5.32 Å². The minimum atomic E-state index is 0.442. The zero-order valence-electron chi connectivity index (χ0n) is 13.4. The molecule has 0 saturated carbocycles. The molecular formula is C19H28N2. The van der Waals surface area contributed by atoms with E-state index in [1.54, 1.807) is 0 Å². The molecule has 1 aliphatic heterocycles. The third-order valence-electron chi connectivity index (χ3n) is 4.55. The number of benzene rings is 1. The van der Waals surface area contributed by atoms with Crippen LogP contribution in [0, 0.1) is 12.3 Å². The van der Waals surface area contributed by atoms with Crippen molar-refractivity contribution < 1.29 is 0 Å². The van der Waals surface area contributed by atoms with Gasteiger partial charge in [0, 0.05) is 37.6 Å². The first-order chi connectivity index (χ1) is 10.3. The fraction of sp³-hybridized carbons (Fsp3) is 0.579. The number of nitrogens with one attached hydrogen (secondary N) is 1. The van der Waals surface area contributed by atoms with Gasteiger partial charge in [0.15, 0.2) is 0 Å². The molecule has 3 atom stereocenters. The van der Waals surface area contributed by atoms with Gasteiger partial charge in [-0.15, -0.1) is 12.3 Å². The summed E-state index contributed by atoms with van der Waals surface area (Å²) in [5, 5.41) is 3.73. The van der Waals surface area contributed by atoms with Crippen LogP contribution >= 0.6 is 0 Å². The van der Waals surface area contributed by atoms with Gasteiger partial charge in [0.1, 0.15) is 0 Å². The van der Waals surface area contributed by atoms with E-state index >= 15 is 0 Å². The van der Waals surface area contributed by atoms with Gasteiger partial charge in [0.25, 0.3) is 0 Å². The summed E-state index contributed by atoms with van der Waals surface area (Å²) in [6.07, 6.45) is 10.0. The lowest BCUT2D eigenvalue weighted by Gasteiger charge is -2.44. The van der Waals surface area contributed by atoms with E-state index in [9.17, 15) is 0 Å². The molecular weight excluding hydrogens is 256 g/mol. The predicted molar refractivity (Wildman–Crippen MR) is 90.1 cm³/mol.